The quantitative estimate of drug-likeness (QED) is 0.706. The molecule has 0 fully saturated rings. The predicted molar refractivity (Wildman–Crippen MR) is 82.8 cm³/mol. The van der Waals surface area contributed by atoms with Gasteiger partial charge in [0.1, 0.15) is 6.04 Å². The molecule has 116 valence electrons. The predicted octanol–water partition coefficient (Wildman–Crippen LogP) is -0.0998. The summed E-state index contributed by atoms with van der Waals surface area (Å²) in [5, 5.41) is 8.95. The van der Waals surface area contributed by atoms with Gasteiger partial charge in [-0.3, -0.25) is 4.79 Å². The lowest BCUT2D eigenvalue weighted by Crippen LogP contribution is -2.47. The van der Waals surface area contributed by atoms with E-state index < -0.39 is 16.1 Å². The monoisotopic (exact) mass is 312 g/mol. The molecule has 0 saturated heterocycles. The van der Waals surface area contributed by atoms with E-state index in [0.29, 0.717) is 6.54 Å². The first-order valence-electron chi connectivity index (χ1n) is 6.67. The van der Waals surface area contributed by atoms with Crippen LogP contribution in [0.5, 0.6) is 0 Å². The van der Waals surface area contributed by atoms with Gasteiger partial charge in [-0.15, -0.1) is 0 Å². The van der Waals surface area contributed by atoms with Crippen molar-refractivity contribution in [2.24, 2.45) is 0 Å². The molecule has 1 aliphatic rings. The van der Waals surface area contributed by atoms with Gasteiger partial charge < -0.3 is 16.0 Å². The van der Waals surface area contributed by atoms with Gasteiger partial charge in [0.2, 0.25) is 15.9 Å². The molecule has 1 atom stereocenters. The summed E-state index contributed by atoms with van der Waals surface area (Å²) in [6.07, 6.45) is 0. The first-order valence-corrected chi connectivity index (χ1v) is 8.28. The largest absolute Gasteiger partial charge is 0.381 e. The highest BCUT2D eigenvalue weighted by Gasteiger charge is 2.23. The van der Waals surface area contributed by atoms with Crippen LogP contribution in [-0.2, 0) is 14.8 Å². The van der Waals surface area contributed by atoms with Crippen molar-refractivity contribution in [1.29, 1.82) is 0 Å². The summed E-state index contributed by atoms with van der Waals surface area (Å²) >= 11 is 0. The molecule has 0 aliphatic carbocycles. The fourth-order valence-electron chi connectivity index (χ4n) is 1.98. The van der Waals surface area contributed by atoms with Crippen molar-refractivity contribution in [2.75, 3.05) is 43.6 Å². The third-order valence-corrected chi connectivity index (χ3v) is 5.12. The minimum Gasteiger partial charge on any atom is -0.381 e. The van der Waals surface area contributed by atoms with Crippen molar-refractivity contribution in [3.63, 3.8) is 0 Å². The number of rotatable bonds is 5. The Bertz CT molecular complexity index is 616. The van der Waals surface area contributed by atoms with Crippen LogP contribution in [0.3, 0.4) is 0 Å². The average molecular weight is 312 g/mol. The second-order valence-corrected chi connectivity index (χ2v) is 7.32. The Morgan fingerprint density at radius 1 is 1.33 bits per heavy atom. The maximum absolute atomic E-state index is 12.0. The maximum Gasteiger partial charge on any atom is 0.244 e. The number of benzene rings is 1. The highest BCUT2D eigenvalue weighted by atomic mass is 32.2. The van der Waals surface area contributed by atoms with Gasteiger partial charge in [-0.2, -0.15) is 0 Å². The molecule has 0 spiro atoms. The molecule has 1 unspecified atom stereocenters. The van der Waals surface area contributed by atoms with Crippen molar-refractivity contribution in [3.8, 4) is 0 Å². The zero-order chi connectivity index (χ0) is 15.5. The molecule has 2 rings (SSSR count). The second kappa shape index (κ2) is 6.31. The minimum absolute atomic E-state index is 0.0964. The first-order chi connectivity index (χ1) is 9.90. The van der Waals surface area contributed by atoms with Crippen LogP contribution in [0.2, 0.25) is 0 Å². The molecule has 1 heterocycles. The van der Waals surface area contributed by atoms with E-state index in [4.69, 9.17) is 0 Å². The van der Waals surface area contributed by atoms with Crippen LogP contribution in [0, 0.1) is 0 Å². The lowest BCUT2D eigenvalue weighted by Gasteiger charge is -2.27. The fourth-order valence-corrected chi connectivity index (χ4v) is 2.71. The van der Waals surface area contributed by atoms with Crippen molar-refractivity contribution < 1.29 is 13.2 Å². The molecule has 3 N–H and O–H groups in total. The zero-order valence-corrected chi connectivity index (χ0v) is 12.9. The second-order valence-electron chi connectivity index (χ2n) is 5.01. The smallest absolute Gasteiger partial charge is 0.244 e. The Morgan fingerprint density at radius 3 is 2.67 bits per heavy atom. The molecule has 7 nitrogen and oxygen atoms in total. The number of fused-ring (bicyclic) bond motifs is 1. The third-order valence-electron chi connectivity index (χ3n) is 3.29. The number of sulfonamides is 1. The van der Waals surface area contributed by atoms with Gasteiger partial charge in [0.15, 0.2) is 0 Å². The molecule has 0 radical (unpaired) electrons. The first kappa shape index (κ1) is 15.6. The van der Waals surface area contributed by atoms with Crippen LogP contribution < -0.4 is 16.0 Å². The molecular formula is C13H20N4O3S. The summed E-state index contributed by atoms with van der Waals surface area (Å²) in [5.74, 6) is -0.325. The number of nitrogens with zero attached hydrogens (tertiary/aromatic N) is 1. The number of nitrogens with one attached hydrogen (secondary N) is 3. The fraction of sp³-hybridized carbons (Fsp3) is 0.462. The lowest BCUT2D eigenvalue weighted by atomic mass is 10.1. The number of amides is 1. The van der Waals surface area contributed by atoms with Crippen LogP contribution in [0.15, 0.2) is 24.3 Å². The highest BCUT2D eigenvalue weighted by Crippen LogP contribution is 2.24. The van der Waals surface area contributed by atoms with Crippen molar-refractivity contribution in [3.05, 3.63) is 24.3 Å². The molecule has 1 amide bonds. The van der Waals surface area contributed by atoms with Gasteiger partial charge in [-0.1, -0.05) is 12.1 Å². The molecule has 0 saturated carbocycles. The molecule has 0 bridgehead atoms. The molecule has 21 heavy (non-hydrogen) atoms. The van der Waals surface area contributed by atoms with E-state index in [9.17, 15) is 13.2 Å². The Morgan fingerprint density at radius 2 is 2.00 bits per heavy atom. The molecule has 1 aromatic carbocycles. The molecule has 8 heteroatoms. The van der Waals surface area contributed by atoms with Crippen LogP contribution in [-0.4, -0.2) is 57.6 Å². The van der Waals surface area contributed by atoms with Gasteiger partial charge in [0, 0.05) is 27.2 Å². The van der Waals surface area contributed by atoms with Crippen LogP contribution in [0.4, 0.5) is 11.4 Å². The van der Waals surface area contributed by atoms with Crippen LogP contribution >= 0.6 is 0 Å². The molecule has 1 aliphatic heterocycles. The van der Waals surface area contributed by atoms with E-state index in [1.54, 1.807) is 0 Å². The van der Waals surface area contributed by atoms with E-state index in [1.807, 2.05) is 24.3 Å². The zero-order valence-electron chi connectivity index (χ0n) is 12.1. The number of hydrogen-bond donors (Lipinski definition) is 3. The van der Waals surface area contributed by atoms with Gasteiger partial charge in [-0.25, -0.2) is 12.7 Å². The van der Waals surface area contributed by atoms with E-state index >= 15 is 0 Å². The summed E-state index contributed by atoms with van der Waals surface area (Å²) in [5.41, 5.74) is 1.82. The Hall–Kier alpha value is -1.80. The van der Waals surface area contributed by atoms with Crippen molar-refractivity contribution >= 4 is 27.3 Å². The van der Waals surface area contributed by atoms with Crippen molar-refractivity contribution in [2.45, 2.75) is 6.04 Å². The Kier molecular flexibility index (Phi) is 4.69. The number of anilines is 2. The summed E-state index contributed by atoms with van der Waals surface area (Å²) in [7, 11) is -0.345. The third kappa shape index (κ3) is 3.85. The average Bonchev–Trinajstić information content (AvgIpc) is 2.46. The maximum atomic E-state index is 12.0. The van der Waals surface area contributed by atoms with Gasteiger partial charge in [-0.05, 0) is 12.1 Å². The topological polar surface area (TPSA) is 90.5 Å². The standard InChI is InChI=1S/C13H20N4O3S/c1-17(2)21(19,20)8-7-14-13(18)12-9-15-10-5-3-4-6-11(10)16-12/h3-6,12,15-16H,7-9H2,1-2H3,(H,14,18). The molecular weight excluding hydrogens is 292 g/mol. The highest BCUT2D eigenvalue weighted by molar-refractivity contribution is 7.89. The summed E-state index contributed by atoms with van der Waals surface area (Å²) in [6, 6.07) is 7.21. The van der Waals surface area contributed by atoms with Gasteiger partial charge in [0.25, 0.3) is 0 Å². The summed E-state index contributed by atoms with van der Waals surface area (Å²) in [6.45, 7) is 0.558. The minimum atomic E-state index is -3.29. The number of hydrogen-bond acceptors (Lipinski definition) is 5. The molecule has 1 aromatic rings. The number of carbonyl (C=O) groups is 1. The van der Waals surface area contributed by atoms with E-state index in [-0.39, 0.29) is 18.2 Å². The van der Waals surface area contributed by atoms with Gasteiger partial charge >= 0.3 is 0 Å². The Balaban J connectivity index is 1.86. The lowest BCUT2D eigenvalue weighted by molar-refractivity contribution is -0.121. The van der Waals surface area contributed by atoms with Crippen molar-refractivity contribution in [1.82, 2.24) is 9.62 Å². The summed E-state index contributed by atoms with van der Waals surface area (Å²) < 4.78 is 24.3. The number of carbonyl (C=O) groups excluding carboxylic acids is 1. The van der Waals surface area contributed by atoms with E-state index in [1.165, 1.54) is 14.1 Å². The Labute approximate surface area is 124 Å². The molecule has 0 aromatic heterocycles. The van der Waals surface area contributed by atoms with Crippen LogP contribution in [0.1, 0.15) is 0 Å². The van der Waals surface area contributed by atoms with Crippen LogP contribution in [0.25, 0.3) is 0 Å². The number of para-hydroxylation sites is 2. The SMILES string of the molecule is CN(C)S(=O)(=O)CCNC(=O)C1CNc2ccccc2N1. The van der Waals surface area contributed by atoms with E-state index in [0.717, 1.165) is 15.7 Å². The summed E-state index contributed by atoms with van der Waals surface area (Å²) in [4.78, 5) is 12.0. The normalized spacial score (nSPS) is 17.6. The van der Waals surface area contributed by atoms with Gasteiger partial charge in [0.05, 0.1) is 17.1 Å². The van der Waals surface area contributed by atoms with E-state index in [2.05, 4.69) is 16.0 Å².